The Morgan fingerprint density at radius 3 is 2.68 bits per heavy atom. The third-order valence-electron chi connectivity index (χ3n) is 5.69. The summed E-state index contributed by atoms with van der Waals surface area (Å²) in [4.78, 5) is 16.4. The van der Waals surface area contributed by atoms with Gasteiger partial charge in [0.1, 0.15) is 5.82 Å². The van der Waals surface area contributed by atoms with Crippen molar-refractivity contribution in [2.75, 3.05) is 57.8 Å². The number of guanidine groups is 1. The van der Waals surface area contributed by atoms with Crippen LogP contribution in [-0.4, -0.2) is 79.6 Å². The van der Waals surface area contributed by atoms with Crippen molar-refractivity contribution in [3.63, 3.8) is 0 Å². The van der Waals surface area contributed by atoms with Gasteiger partial charge < -0.3 is 20.0 Å². The van der Waals surface area contributed by atoms with Crippen LogP contribution >= 0.6 is 0 Å². The number of hydrogen-bond acceptors (Lipinski definition) is 4. The molecule has 6 nitrogen and oxygen atoms in total. The van der Waals surface area contributed by atoms with E-state index < -0.39 is 0 Å². The second-order valence-electron chi connectivity index (χ2n) is 7.47. The van der Waals surface area contributed by atoms with Gasteiger partial charge in [-0.1, -0.05) is 6.07 Å². The maximum absolute atomic E-state index is 4.52. The molecular weight excluding hydrogens is 312 g/mol. The van der Waals surface area contributed by atoms with Crippen LogP contribution in [0.4, 0.5) is 5.82 Å². The fourth-order valence-corrected chi connectivity index (χ4v) is 4.06. The molecule has 1 unspecified atom stereocenters. The highest BCUT2D eigenvalue weighted by Crippen LogP contribution is 2.31. The number of hydrogen-bond donors (Lipinski definition) is 1. The molecule has 0 amide bonds. The third-order valence-corrected chi connectivity index (χ3v) is 5.69. The molecule has 136 valence electrons. The van der Waals surface area contributed by atoms with E-state index in [2.05, 4.69) is 42.1 Å². The summed E-state index contributed by atoms with van der Waals surface area (Å²) in [5.74, 6) is 2.91. The molecule has 0 bridgehead atoms. The van der Waals surface area contributed by atoms with Gasteiger partial charge in [-0.3, -0.25) is 4.99 Å². The van der Waals surface area contributed by atoms with Crippen LogP contribution in [0.25, 0.3) is 0 Å². The van der Waals surface area contributed by atoms with Gasteiger partial charge in [-0.25, -0.2) is 4.98 Å². The number of piperazine rings is 1. The average Bonchev–Trinajstić information content (AvgIpc) is 3.42. The Morgan fingerprint density at radius 2 is 2.00 bits per heavy atom. The lowest BCUT2D eigenvalue weighted by Gasteiger charge is -2.37. The van der Waals surface area contributed by atoms with Gasteiger partial charge in [-0.15, -0.1) is 0 Å². The molecule has 0 radical (unpaired) electrons. The molecule has 3 heterocycles. The lowest BCUT2D eigenvalue weighted by Crippen LogP contribution is -2.53. The zero-order valence-electron chi connectivity index (χ0n) is 15.3. The van der Waals surface area contributed by atoms with Gasteiger partial charge in [0.15, 0.2) is 5.96 Å². The number of aliphatic imine (C=N–C) groups is 1. The smallest absolute Gasteiger partial charge is 0.193 e. The monoisotopic (exact) mass is 342 g/mol. The Morgan fingerprint density at radius 1 is 1.16 bits per heavy atom. The Hall–Kier alpha value is -1.82. The van der Waals surface area contributed by atoms with Crippen molar-refractivity contribution in [3.05, 3.63) is 24.4 Å². The Balaban J connectivity index is 1.23. The minimum atomic E-state index is 0.771. The van der Waals surface area contributed by atoms with Crippen molar-refractivity contribution in [3.8, 4) is 0 Å². The van der Waals surface area contributed by atoms with E-state index in [1.165, 1.54) is 32.4 Å². The number of anilines is 1. The predicted molar refractivity (Wildman–Crippen MR) is 102 cm³/mol. The lowest BCUT2D eigenvalue weighted by molar-refractivity contribution is 0.312. The van der Waals surface area contributed by atoms with Gasteiger partial charge in [0.25, 0.3) is 0 Å². The minimum absolute atomic E-state index is 0.771. The van der Waals surface area contributed by atoms with Gasteiger partial charge in [0, 0.05) is 58.6 Å². The van der Waals surface area contributed by atoms with Crippen LogP contribution in [0.3, 0.4) is 0 Å². The molecule has 1 aliphatic carbocycles. The van der Waals surface area contributed by atoms with Crippen LogP contribution in [0, 0.1) is 5.92 Å². The van der Waals surface area contributed by atoms with E-state index in [9.17, 15) is 0 Å². The van der Waals surface area contributed by atoms with E-state index in [1.807, 2.05) is 19.3 Å². The molecule has 1 atom stereocenters. The summed E-state index contributed by atoms with van der Waals surface area (Å²) in [7, 11) is 1.90. The molecule has 1 aromatic rings. The summed E-state index contributed by atoms with van der Waals surface area (Å²) < 4.78 is 0. The minimum Gasteiger partial charge on any atom is -0.356 e. The maximum Gasteiger partial charge on any atom is 0.193 e. The largest absolute Gasteiger partial charge is 0.356 e. The summed E-state index contributed by atoms with van der Waals surface area (Å²) in [5.41, 5.74) is 0. The van der Waals surface area contributed by atoms with Crippen molar-refractivity contribution in [2.24, 2.45) is 10.9 Å². The van der Waals surface area contributed by atoms with E-state index in [1.54, 1.807) is 0 Å². The van der Waals surface area contributed by atoms with Crippen molar-refractivity contribution < 1.29 is 0 Å². The quantitative estimate of drug-likeness (QED) is 0.659. The molecule has 3 fully saturated rings. The van der Waals surface area contributed by atoms with E-state index in [0.29, 0.717) is 0 Å². The highest BCUT2D eigenvalue weighted by atomic mass is 15.4. The molecule has 25 heavy (non-hydrogen) atoms. The van der Waals surface area contributed by atoms with Crippen LogP contribution in [0.15, 0.2) is 29.4 Å². The topological polar surface area (TPSA) is 47.0 Å². The van der Waals surface area contributed by atoms with Crippen molar-refractivity contribution in [1.82, 2.24) is 20.1 Å². The van der Waals surface area contributed by atoms with Crippen LogP contribution in [0.2, 0.25) is 0 Å². The zero-order chi connectivity index (χ0) is 17.1. The summed E-state index contributed by atoms with van der Waals surface area (Å²) in [5, 5.41) is 3.63. The number of nitrogens with zero attached hydrogens (tertiary/aromatic N) is 5. The Kier molecular flexibility index (Phi) is 5.06. The number of nitrogens with one attached hydrogen (secondary N) is 1. The molecule has 3 aliphatic rings. The van der Waals surface area contributed by atoms with Crippen molar-refractivity contribution in [1.29, 1.82) is 0 Å². The second-order valence-corrected chi connectivity index (χ2v) is 7.47. The highest BCUT2D eigenvalue weighted by Gasteiger charge is 2.34. The van der Waals surface area contributed by atoms with Gasteiger partial charge >= 0.3 is 0 Å². The first-order valence-corrected chi connectivity index (χ1v) is 9.69. The summed E-state index contributed by atoms with van der Waals surface area (Å²) >= 11 is 0. The van der Waals surface area contributed by atoms with Gasteiger partial charge in [-0.2, -0.15) is 0 Å². The predicted octanol–water partition coefficient (Wildman–Crippen LogP) is 1.26. The first kappa shape index (κ1) is 16.6. The first-order valence-electron chi connectivity index (χ1n) is 9.69. The van der Waals surface area contributed by atoms with Gasteiger partial charge in [0.05, 0.1) is 0 Å². The molecular formula is C19H30N6. The molecule has 6 heteroatoms. The Labute approximate surface area is 150 Å². The zero-order valence-corrected chi connectivity index (χ0v) is 15.3. The molecule has 0 spiro atoms. The maximum atomic E-state index is 4.52. The average molecular weight is 342 g/mol. The fraction of sp³-hybridized carbons (Fsp3) is 0.684. The van der Waals surface area contributed by atoms with Crippen molar-refractivity contribution in [2.45, 2.75) is 25.3 Å². The van der Waals surface area contributed by atoms with Gasteiger partial charge in [-0.05, 0) is 43.9 Å². The van der Waals surface area contributed by atoms with Gasteiger partial charge in [0.2, 0.25) is 0 Å². The number of pyridine rings is 1. The number of likely N-dealkylation sites (tertiary alicyclic amines) is 1. The van der Waals surface area contributed by atoms with Crippen LogP contribution in [0.1, 0.15) is 19.3 Å². The van der Waals surface area contributed by atoms with E-state index in [-0.39, 0.29) is 0 Å². The fourth-order valence-electron chi connectivity index (χ4n) is 4.06. The molecule has 2 aliphatic heterocycles. The summed E-state index contributed by atoms with van der Waals surface area (Å²) in [6, 6.07) is 7.03. The van der Waals surface area contributed by atoms with E-state index in [0.717, 1.165) is 56.5 Å². The van der Waals surface area contributed by atoms with E-state index in [4.69, 9.17) is 0 Å². The van der Waals surface area contributed by atoms with Crippen LogP contribution in [-0.2, 0) is 0 Å². The second kappa shape index (κ2) is 7.60. The molecule has 0 aromatic carbocycles. The van der Waals surface area contributed by atoms with Crippen LogP contribution < -0.4 is 10.2 Å². The normalized spacial score (nSPS) is 25.5. The number of aromatic nitrogens is 1. The standard InChI is InChI=1S/C19H30N6/c1-20-19(22-14-16-7-9-25(15-16)17-5-6-17)24-12-10-23(11-13-24)18-4-2-3-8-21-18/h2-4,8,16-17H,5-7,9-15H2,1H3,(H,20,22). The molecule has 1 saturated carbocycles. The summed E-state index contributed by atoms with van der Waals surface area (Å²) in [6.07, 6.45) is 6.04. The lowest BCUT2D eigenvalue weighted by atomic mass is 10.1. The summed E-state index contributed by atoms with van der Waals surface area (Å²) in [6.45, 7) is 7.59. The van der Waals surface area contributed by atoms with Crippen LogP contribution in [0.5, 0.6) is 0 Å². The highest BCUT2D eigenvalue weighted by molar-refractivity contribution is 5.80. The Bertz CT molecular complexity index is 577. The van der Waals surface area contributed by atoms with E-state index >= 15 is 0 Å². The molecule has 1 aromatic heterocycles. The SMILES string of the molecule is CN=C(NCC1CCN(C2CC2)C1)N1CCN(c2ccccn2)CC1. The molecule has 1 N–H and O–H groups in total. The third kappa shape index (κ3) is 4.06. The van der Waals surface area contributed by atoms with Crippen molar-refractivity contribution >= 4 is 11.8 Å². The molecule has 2 saturated heterocycles. The first-order chi connectivity index (χ1) is 12.3. The molecule has 4 rings (SSSR count). The number of rotatable bonds is 4.